The van der Waals surface area contributed by atoms with Crippen LogP contribution in [0.4, 0.5) is 4.39 Å². The van der Waals surface area contributed by atoms with Gasteiger partial charge in [-0.15, -0.1) is 0 Å². The Kier molecular flexibility index (Phi) is 3.51. The molecule has 3 nitrogen and oxygen atoms in total. The first-order valence-corrected chi connectivity index (χ1v) is 6.85. The molecule has 0 amide bonds. The quantitative estimate of drug-likeness (QED) is 0.783. The SMILES string of the molecule is Cc1c(C(=O)O)cc(-c2ccccc2)n1-c1ccccc1F. The molecule has 0 saturated carbocycles. The molecule has 110 valence electrons. The molecule has 2 aromatic carbocycles. The molecule has 0 radical (unpaired) electrons. The van der Waals surface area contributed by atoms with Crippen molar-refractivity contribution in [1.82, 2.24) is 4.57 Å². The van der Waals surface area contributed by atoms with E-state index >= 15 is 0 Å². The molecular formula is C18H14FNO2. The summed E-state index contributed by atoms with van der Waals surface area (Å²) in [5, 5.41) is 9.36. The van der Waals surface area contributed by atoms with Crippen molar-refractivity contribution < 1.29 is 14.3 Å². The normalized spacial score (nSPS) is 10.6. The highest BCUT2D eigenvalue weighted by atomic mass is 19.1. The van der Waals surface area contributed by atoms with Gasteiger partial charge in [0.05, 0.1) is 16.9 Å². The van der Waals surface area contributed by atoms with Crippen LogP contribution in [0.15, 0.2) is 60.7 Å². The van der Waals surface area contributed by atoms with Crippen LogP contribution in [0.2, 0.25) is 0 Å². The topological polar surface area (TPSA) is 42.2 Å². The average Bonchev–Trinajstić information content (AvgIpc) is 2.86. The second kappa shape index (κ2) is 5.48. The highest BCUT2D eigenvalue weighted by molar-refractivity contribution is 5.91. The van der Waals surface area contributed by atoms with Crippen molar-refractivity contribution in [2.24, 2.45) is 0 Å². The highest BCUT2D eigenvalue weighted by Crippen LogP contribution is 2.30. The zero-order valence-electron chi connectivity index (χ0n) is 12.0. The number of nitrogens with zero attached hydrogens (tertiary/aromatic N) is 1. The summed E-state index contributed by atoms with van der Waals surface area (Å²) in [5.41, 5.74) is 2.49. The van der Waals surface area contributed by atoms with Crippen molar-refractivity contribution >= 4 is 5.97 Å². The lowest BCUT2D eigenvalue weighted by molar-refractivity contribution is 0.0696. The van der Waals surface area contributed by atoms with E-state index in [2.05, 4.69) is 0 Å². The molecule has 0 unspecified atom stereocenters. The number of aromatic nitrogens is 1. The number of carboxylic acids is 1. The molecule has 0 aliphatic rings. The van der Waals surface area contributed by atoms with Crippen LogP contribution in [-0.2, 0) is 0 Å². The molecule has 0 spiro atoms. The fourth-order valence-electron chi connectivity index (χ4n) is 2.59. The standard InChI is InChI=1S/C18H14FNO2/c1-12-14(18(21)22)11-17(13-7-3-2-4-8-13)20(12)16-10-6-5-9-15(16)19/h2-11H,1H3,(H,21,22). The van der Waals surface area contributed by atoms with Crippen LogP contribution in [0.1, 0.15) is 16.1 Å². The van der Waals surface area contributed by atoms with Crippen molar-refractivity contribution in [3.8, 4) is 16.9 Å². The van der Waals surface area contributed by atoms with Gasteiger partial charge in [-0.2, -0.15) is 0 Å². The van der Waals surface area contributed by atoms with Gasteiger partial charge in [0.1, 0.15) is 5.82 Å². The summed E-state index contributed by atoms with van der Waals surface area (Å²) in [6.07, 6.45) is 0. The van der Waals surface area contributed by atoms with Crippen LogP contribution >= 0.6 is 0 Å². The predicted octanol–water partition coefficient (Wildman–Crippen LogP) is 4.29. The summed E-state index contributed by atoms with van der Waals surface area (Å²) >= 11 is 0. The van der Waals surface area contributed by atoms with Crippen LogP contribution in [0.5, 0.6) is 0 Å². The molecule has 0 atom stereocenters. The van der Waals surface area contributed by atoms with Gasteiger partial charge in [-0.3, -0.25) is 0 Å². The van der Waals surface area contributed by atoms with Crippen LogP contribution in [0.3, 0.4) is 0 Å². The van der Waals surface area contributed by atoms with Crippen molar-refractivity contribution in [1.29, 1.82) is 0 Å². The Hall–Kier alpha value is -2.88. The van der Waals surface area contributed by atoms with Crippen LogP contribution < -0.4 is 0 Å². The average molecular weight is 295 g/mol. The number of halogens is 1. The molecule has 3 rings (SSSR count). The van der Waals surface area contributed by atoms with E-state index in [-0.39, 0.29) is 5.56 Å². The smallest absolute Gasteiger partial charge is 0.337 e. The number of hydrogen-bond donors (Lipinski definition) is 1. The van der Waals surface area contributed by atoms with Gasteiger partial charge in [-0.25, -0.2) is 9.18 Å². The van der Waals surface area contributed by atoms with Gasteiger partial charge in [0.15, 0.2) is 0 Å². The molecule has 3 aromatic rings. The van der Waals surface area contributed by atoms with Crippen LogP contribution in [0, 0.1) is 12.7 Å². The van der Waals surface area contributed by atoms with E-state index in [4.69, 9.17) is 0 Å². The molecule has 0 aliphatic carbocycles. The lowest BCUT2D eigenvalue weighted by Crippen LogP contribution is -2.04. The third-order valence-corrected chi connectivity index (χ3v) is 3.64. The number of para-hydroxylation sites is 1. The monoisotopic (exact) mass is 295 g/mol. The van der Waals surface area contributed by atoms with Gasteiger partial charge in [0, 0.05) is 5.69 Å². The van der Waals surface area contributed by atoms with Crippen molar-refractivity contribution in [3.63, 3.8) is 0 Å². The Morgan fingerprint density at radius 1 is 1.05 bits per heavy atom. The number of aromatic carboxylic acids is 1. The number of benzene rings is 2. The summed E-state index contributed by atoms with van der Waals surface area (Å²) in [5.74, 6) is -1.42. The fourth-order valence-corrected chi connectivity index (χ4v) is 2.59. The summed E-state index contributed by atoms with van der Waals surface area (Å²) in [4.78, 5) is 11.4. The Balaban J connectivity index is 2.33. The van der Waals surface area contributed by atoms with E-state index in [1.807, 2.05) is 30.3 Å². The maximum Gasteiger partial charge on any atom is 0.337 e. The number of carbonyl (C=O) groups is 1. The number of hydrogen-bond acceptors (Lipinski definition) is 1. The zero-order valence-corrected chi connectivity index (χ0v) is 12.0. The Labute approximate surface area is 127 Å². The Morgan fingerprint density at radius 3 is 2.32 bits per heavy atom. The summed E-state index contributed by atoms with van der Waals surface area (Å²) in [6.45, 7) is 1.68. The Morgan fingerprint density at radius 2 is 1.68 bits per heavy atom. The van der Waals surface area contributed by atoms with Gasteiger partial charge in [0.25, 0.3) is 0 Å². The van der Waals surface area contributed by atoms with Crippen molar-refractivity contribution in [3.05, 3.63) is 77.7 Å². The Bertz CT molecular complexity index is 838. The summed E-state index contributed by atoms with van der Waals surface area (Å²) < 4.78 is 15.8. The number of rotatable bonds is 3. The van der Waals surface area contributed by atoms with Gasteiger partial charge in [0.2, 0.25) is 0 Å². The molecule has 1 heterocycles. The lowest BCUT2D eigenvalue weighted by Gasteiger charge is -2.13. The second-order valence-corrected chi connectivity index (χ2v) is 4.99. The summed E-state index contributed by atoms with van der Waals surface area (Å²) in [7, 11) is 0. The zero-order chi connectivity index (χ0) is 15.7. The molecule has 0 fully saturated rings. The van der Waals surface area contributed by atoms with Gasteiger partial charge in [-0.1, -0.05) is 42.5 Å². The molecule has 1 N–H and O–H groups in total. The first-order valence-electron chi connectivity index (χ1n) is 6.85. The van der Waals surface area contributed by atoms with E-state index < -0.39 is 11.8 Å². The first kappa shape index (κ1) is 14.1. The van der Waals surface area contributed by atoms with Gasteiger partial charge >= 0.3 is 5.97 Å². The molecule has 0 saturated heterocycles. The largest absolute Gasteiger partial charge is 0.478 e. The minimum atomic E-state index is -1.02. The van der Waals surface area contributed by atoms with Gasteiger partial charge < -0.3 is 9.67 Å². The van der Waals surface area contributed by atoms with E-state index in [0.717, 1.165) is 5.56 Å². The molecule has 22 heavy (non-hydrogen) atoms. The molecular weight excluding hydrogens is 281 g/mol. The maximum atomic E-state index is 14.2. The first-order chi connectivity index (χ1) is 10.6. The maximum absolute atomic E-state index is 14.2. The number of carboxylic acid groups (broad SMARTS) is 1. The fraction of sp³-hybridized carbons (Fsp3) is 0.0556. The second-order valence-electron chi connectivity index (χ2n) is 4.99. The van der Waals surface area contributed by atoms with E-state index in [9.17, 15) is 14.3 Å². The predicted molar refractivity (Wildman–Crippen MR) is 82.9 cm³/mol. The van der Waals surface area contributed by atoms with E-state index in [1.165, 1.54) is 6.07 Å². The minimum Gasteiger partial charge on any atom is -0.478 e. The van der Waals surface area contributed by atoms with E-state index in [1.54, 1.807) is 35.8 Å². The molecule has 4 heteroatoms. The third-order valence-electron chi connectivity index (χ3n) is 3.64. The van der Waals surface area contributed by atoms with Crippen LogP contribution in [0.25, 0.3) is 16.9 Å². The van der Waals surface area contributed by atoms with E-state index in [0.29, 0.717) is 17.1 Å². The molecule has 0 bridgehead atoms. The van der Waals surface area contributed by atoms with Crippen molar-refractivity contribution in [2.75, 3.05) is 0 Å². The van der Waals surface area contributed by atoms with Gasteiger partial charge in [-0.05, 0) is 30.7 Å². The summed E-state index contributed by atoms with van der Waals surface area (Å²) in [6, 6.07) is 17.3. The van der Waals surface area contributed by atoms with Crippen molar-refractivity contribution in [2.45, 2.75) is 6.92 Å². The minimum absolute atomic E-state index is 0.169. The lowest BCUT2D eigenvalue weighted by atomic mass is 10.1. The van der Waals surface area contributed by atoms with Crippen LogP contribution in [-0.4, -0.2) is 15.6 Å². The molecule has 0 aliphatic heterocycles. The molecule has 1 aromatic heterocycles. The third kappa shape index (κ3) is 2.29. The highest BCUT2D eigenvalue weighted by Gasteiger charge is 2.20.